The predicted molar refractivity (Wildman–Crippen MR) is 79.1 cm³/mol. The van der Waals surface area contributed by atoms with Crippen LogP contribution in [0.15, 0.2) is 48.5 Å². The molecule has 2 aromatic carbocycles. The summed E-state index contributed by atoms with van der Waals surface area (Å²) in [5, 5.41) is 20.5. The predicted octanol–water partition coefficient (Wildman–Crippen LogP) is 2.26. The molecule has 0 bridgehead atoms. The Labute approximate surface area is 126 Å². The van der Waals surface area contributed by atoms with Gasteiger partial charge in [-0.2, -0.15) is 0 Å². The number of benzene rings is 2. The van der Waals surface area contributed by atoms with Crippen molar-refractivity contribution in [3.05, 3.63) is 65.2 Å². The number of anilines is 1. The molecule has 0 atom stereocenters. The molecule has 22 heavy (non-hydrogen) atoms. The summed E-state index contributed by atoms with van der Waals surface area (Å²) >= 11 is 0. The number of nitrogens with one attached hydrogen (secondary N) is 1. The van der Waals surface area contributed by atoms with Crippen LogP contribution in [0.4, 0.5) is 5.69 Å². The number of aliphatic carboxylic acids is 1. The molecular formula is C16H13NO5. The maximum atomic E-state index is 12.0. The molecule has 2 aromatic rings. The lowest BCUT2D eigenvalue weighted by Crippen LogP contribution is -2.13. The van der Waals surface area contributed by atoms with Crippen LogP contribution in [0.25, 0.3) is 0 Å². The van der Waals surface area contributed by atoms with E-state index in [2.05, 4.69) is 5.32 Å². The van der Waals surface area contributed by atoms with Crippen molar-refractivity contribution in [2.45, 2.75) is 6.42 Å². The third-order valence-electron chi connectivity index (χ3n) is 2.98. The van der Waals surface area contributed by atoms with Crippen LogP contribution in [0, 0.1) is 0 Å². The second kappa shape index (κ2) is 6.53. The minimum absolute atomic E-state index is 0.145. The van der Waals surface area contributed by atoms with Crippen molar-refractivity contribution in [1.29, 1.82) is 0 Å². The van der Waals surface area contributed by atoms with E-state index in [1.807, 2.05) is 0 Å². The summed E-state index contributed by atoms with van der Waals surface area (Å²) in [5.41, 5.74) is 0.764. The molecule has 6 nitrogen and oxygen atoms in total. The number of carbonyl (C=O) groups is 3. The molecule has 6 heteroatoms. The van der Waals surface area contributed by atoms with Gasteiger partial charge >= 0.3 is 11.9 Å². The highest BCUT2D eigenvalue weighted by Crippen LogP contribution is 2.18. The Balaban J connectivity index is 2.25. The van der Waals surface area contributed by atoms with Gasteiger partial charge in [0.2, 0.25) is 0 Å². The van der Waals surface area contributed by atoms with Crippen molar-refractivity contribution in [2.24, 2.45) is 0 Å². The number of amides is 1. The van der Waals surface area contributed by atoms with Gasteiger partial charge in [0.25, 0.3) is 5.91 Å². The van der Waals surface area contributed by atoms with Gasteiger partial charge in [-0.1, -0.05) is 24.3 Å². The lowest BCUT2D eigenvalue weighted by molar-refractivity contribution is -0.136. The summed E-state index contributed by atoms with van der Waals surface area (Å²) in [6, 6.07) is 12.6. The first-order chi connectivity index (χ1) is 10.5. The first kappa shape index (κ1) is 15.2. The van der Waals surface area contributed by atoms with Gasteiger partial charge in [0.15, 0.2) is 0 Å². The zero-order valence-electron chi connectivity index (χ0n) is 11.4. The van der Waals surface area contributed by atoms with E-state index in [4.69, 9.17) is 10.2 Å². The molecule has 0 aliphatic heterocycles. The van der Waals surface area contributed by atoms with Crippen LogP contribution >= 0.6 is 0 Å². The Morgan fingerprint density at radius 2 is 1.64 bits per heavy atom. The van der Waals surface area contributed by atoms with Crippen LogP contribution < -0.4 is 5.32 Å². The second-order valence-corrected chi connectivity index (χ2v) is 4.57. The van der Waals surface area contributed by atoms with Crippen molar-refractivity contribution >= 4 is 23.5 Å². The minimum Gasteiger partial charge on any atom is -0.481 e. The van der Waals surface area contributed by atoms with E-state index in [0.717, 1.165) is 0 Å². The molecule has 2 rings (SSSR count). The standard InChI is InChI=1S/C16H13NO5/c18-14(19)8-11-6-7-12(9-13(11)16(21)22)17-15(20)10-4-2-1-3-5-10/h1-7,9H,8H2,(H,17,20)(H,18,19)(H,21,22). The lowest BCUT2D eigenvalue weighted by atomic mass is 10.0. The highest BCUT2D eigenvalue weighted by atomic mass is 16.4. The average molecular weight is 299 g/mol. The fourth-order valence-corrected chi connectivity index (χ4v) is 1.96. The smallest absolute Gasteiger partial charge is 0.336 e. The van der Waals surface area contributed by atoms with Gasteiger partial charge in [-0.3, -0.25) is 9.59 Å². The molecule has 112 valence electrons. The molecular weight excluding hydrogens is 286 g/mol. The molecule has 0 aromatic heterocycles. The highest BCUT2D eigenvalue weighted by Gasteiger charge is 2.14. The molecule has 0 aliphatic rings. The minimum atomic E-state index is -1.24. The van der Waals surface area contributed by atoms with Crippen molar-refractivity contribution in [3.8, 4) is 0 Å². The molecule has 0 fully saturated rings. The number of hydrogen-bond acceptors (Lipinski definition) is 3. The molecule has 0 unspecified atom stereocenters. The van der Waals surface area contributed by atoms with E-state index in [1.165, 1.54) is 18.2 Å². The number of carboxylic acid groups (broad SMARTS) is 2. The van der Waals surface area contributed by atoms with Gasteiger partial charge in [0.1, 0.15) is 0 Å². The average Bonchev–Trinajstić information content (AvgIpc) is 2.49. The van der Waals surface area contributed by atoms with Gasteiger partial charge in [0.05, 0.1) is 12.0 Å². The first-order valence-corrected chi connectivity index (χ1v) is 6.42. The fraction of sp³-hybridized carbons (Fsp3) is 0.0625. The molecule has 0 aliphatic carbocycles. The van der Waals surface area contributed by atoms with Crippen molar-refractivity contribution in [3.63, 3.8) is 0 Å². The first-order valence-electron chi connectivity index (χ1n) is 6.42. The van der Waals surface area contributed by atoms with E-state index in [-0.39, 0.29) is 17.0 Å². The normalized spacial score (nSPS) is 10.0. The lowest BCUT2D eigenvalue weighted by Gasteiger charge is -2.09. The van der Waals surface area contributed by atoms with Gasteiger partial charge in [-0.25, -0.2) is 4.79 Å². The largest absolute Gasteiger partial charge is 0.481 e. The Kier molecular flexibility index (Phi) is 4.53. The molecule has 0 saturated heterocycles. The van der Waals surface area contributed by atoms with Crippen LogP contribution in [0.5, 0.6) is 0 Å². The van der Waals surface area contributed by atoms with E-state index in [1.54, 1.807) is 30.3 Å². The zero-order chi connectivity index (χ0) is 16.1. The van der Waals surface area contributed by atoms with Crippen molar-refractivity contribution < 1.29 is 24.6 Å². The van der Waals surface area contributed by atoms with Crippen molar-refractivity contribution in [1.82, 2.24) is 0 Å². The molecule has 0 saturated carbocycles. The van der Waals surface area contributed by atoms with Crippen LogP contribution in [0.1, 0.15) is 26.3 Å². The van der Waals surface area contributed by atoms with Gasteiger partial charge < -0.3 is 15.5 Å². The van der Waals surface area contributed by atoms with E-state index >= 15 is 0 Å². The topological polar surface area (TPSA) is 104 Å². The van der Waals surface area contributed by atoms with Crippen molar-refractivity contribution in [2.75, 3.05) is 5.32 Å². The van der Waals surface area contributed by atoms with Crippen LogP contribution in [0.2, 0.25) is 0 Å². The summed E-state index contributed by atoms with van der Waals surface area (Å²) < 4.78 is 0. The SMILES string of the molecule is O=C(O)Cc1ccc(NC(=O)c2ccccc2)cc1C(=O)O. The quantitative estimate of drug-likeness (QED) is 0.785. The Hall–Kier alpha value is -3.15. The zero-order valence-corrected chi connectivity index (χ0v) is 11.4. The molecule has 0 radical (unpaired) electrons. The maximum Gasteiger partial charge on any atom is 0.336 e. The van der Waals surface area contributed by atoms with E-state index < -0.39 is 18.4 Å². The summed E-state index contributed by atoms with van der Waals surface area (Å²) in [5.74, 6) is -2.74. The molecule has 3 N–H and O–H groups in total. The summed E-state index contributed by atoms with van der Waals surface area (Å²) in [6.07, 6.45) is -0.394. The van der Waals surface area contributed by atoms with Gasteiger partial charge in [-0.15, -0.1) is 0 Å². The monoisotopic (exact) mass is 299 g/mol. The second-order valence-electron chi connectivity index (χ2n) is 4.57. The third-order valence-corrected chi connectivity index (χ3v) is 2.98. The van der Waals surface area contributed by atoms with Gasteiger partial charge in [-0.05, 0) is 29.8 Å². The summed E-state index contributed by atoms with van der Waals surface area (Å²) in [6.45, 7) is 0. The number of hydrogen-bond donors (Lipinski definition) is 3. The molecule has 1 amide bonds. The van der Waals surface area contributed by atoms with Crippen LogP contribution in [0.3, 0.4) is 0 Å². The van der Waals surface area contributed by atoms with Crippen LogP contribution in [-0.4, -0.2) is 28.1 Å². The van der Waals surface area contributed by atoms with Crippen LogP contribution in [-0.2, 0) is 11.2 Å². The Bertz CT molecular complexity index is 725. The van der Waals surface area contributed by atoms with E-state index in [9.17, 15) is 14.4 Å². The fourth-order valence-electron chi connectivity index (χ4n) is 1.96. The number of carbonyl (C=O) groups excluding carboxylic acids is 1. The molecule has 0 spiro atoms. The summed E-state index contributed by atoms with van der Waals surface area (Å²) in [4.78, 5) is 33.9. The Morgan fingerprint density at radius 1 is 0.955 bits per heavy atom. The van der Waals surface area contributed by atoms with Gasteiger partial charge in [0, 0.05) is 11.3 Å². The maximum absolute atomic E-state index is 12.0. The Morgan fingerprint density at radius 3 is 2.23 bits per heavy atom. The number of aromatic carboxylic acids is 1. The number of rotatable bonds is 5. The molecule has 0 heterocycles. The summed E-state index contributed by atoms with van der Waals surface area (Å²) in [7, 11) is 0. The highest BCUT2D eigenvalue weighted by molar-refractivity contribution is 6.05. The third kappa shape index (κ3) is 3.69. The van der Waals surface area contributed by atoms with E-state index in [0.29, 0.717) is 11.3 Å². The number of carboxylic acids is 2.